The summed E-state index contributed by atoms with van der Waals surface area (Å²) in [6.45, 7) is 0. The number of ether oxygens (including phenoxy) is 1. The fourth-order valence-corrected chi connectivity index (χ4v) is 3.32. The molecule has 26 heavy (non-hydrogen) atoms. The number of nitrogens with zero attached hydrogens (tertiary/aromatic N) is 2. The number of amides is 1. The summed E-state index contributed by atoms with van der Waals surface area (Å²) in [7, 11) is 1.46. The van der Waals surface area contributed by atoms with Crippen molar-refractivity contribution in [3.63, 3.8) is 0 Å². The Balaban J connectivity index is 1.57. The molecule has 2 aromatic carbocycles. The van der Waals surface area contributed by atoms with Crippen LogP contribution in [-0.4, -0.2) is 40.1 Å². The van der Waals surface area contributed by atoms with E-state index >= 15 is 0 Å². The van der Waals surface area contributed by atoms with E-state index in [4.69, 9.17) is 4.74 Å². The molecule has 0 fully saturated rings. The number of aromatic nitrogens is 2. The minimum absolute atomic E-state index is 0.0506. The van der Waals surface area contributed by atoms with Crippen LogP contribution in [-0.2, 0) is 4.79 Å². The summed E-state index contributed by atoms with van der Waals surface area (Å²) in [5.41, 5.74) is 4.62. The van der Waals surface area contributed by atoms with Gasteiger partial charge < -0.3 is 14.8 Å². The van der Waals surface area contributed by atoms with Crippen molar-refractivity contribution >= 4 is 50.8 Å². The fraction of sp³-hybridized carbons (Fsp3) is 0.118. The van der Waals surface area contributed by atoms with Gasteiger partial charge in [-0.2, -0.15) is 5.10 Å². The van der Waals surface area contributed by atoms with Gasteiger partial charge in [-0.15, -0.1) is 0 Å². The lowest BCUT2D eigenvalue weighted by Crippen LogP contribution is -2.19. The van der Waals surface area contributed by atoms with Gasteiger partial charge in [0, 0.05) is 10.0 Å². The number of hydrazone groups is 1. The van der Waals surface area contributed by atoms with Crippen LogP contribution in [0.25, 0.3) is 11.0 Å². The third kappa shape index (κ3) is 4.36. The van der Waals surface area contributed by atoms with Gasteiger partial charge in [0.05, 0.1) is 30.1 Å². The van der Waals surface area contributed by atoms with E-state index in [0.29, 0.717) is 16.5 Å². The van der Waals surface area contributed by atoms with Crippen molar-refractivity contribution in [2.24, 2.45) is 5.10 Å². The van der Waals surface area contributed by atoms with Gasteiger partial charge in [-0.1, -0.05) is 39.8 Å². The molecule has 134 valence electrons. The molecule has 3 aromatic rings. The molecule has 0 saturated heterocycles. The van der Waals surface area contributed by atoms with Gasteiger partial charge in [-0.25, -0.2) is 10.4 Å². The fourth-order valence-electron chi connectivity index (χ4n) is 2.19. The summed E-state index contributed by atoms with van der Waals surface area (Å²) in [4.78, 5) is 19.4. The van der Waals surface area contributed by atoms with Crippen LogP contribution < -0.4 is 10.2 Å². The zero-order chi connectivity index (χ0) is 18.5. The van der Waals surface area contributed by atoms with Gasteiger partial charge in [-0.05, 0) is 24.3 Å². The van der Waals surface area contributed by atoms with Crippen LogP contribution >= 0.6 is 27.7 Å². The number of rotatable bonds is 6. The van der Waals surface area contributed by atoms with Gasteiger partial charge in [0.2, 0.25) is 0 Å². The lowest BCUT2D eigenvalue weighted by molar-refractivity contribution is -0.118. The minimum Gasteiger partial charge on any atom is -0.504 e. The van der Waals surface area contributed by atoms with Crippen LogP contribution in [0, 0.1) is 0 Å². The number of phenolic OH excluding ortho intramolecular Hbond substituents is 1. The third-order valence-electron chi connectivity index (χ3n) is 3.39. The molecule has 9 heteroatoms. The van der Waals surface area contributed by atoms with Gasteiger partial charge in [0.15, 0.2) is 16.7 Å². The maximum Gasteiger partial charge on any atom is 0.250 e. The highest BCUT2D eigenvalue weighted by Crippen LogP contribution is 2.32. The standard InChI is InChI=1S/C17H15BrN4O3S/c1-25-14-7-11(18)6-10(16(14)24)8-19-22-15(23)9-26-17-20-12-4-2-3-5-13(12)21-17/h2-8,24H,9H2,1H3,(H,20,21)(H,22,23)/b19-8-. The van der Waals surface area contributed by atoms with Crippen LogP contribution in [0.1, 0.15) is 5.56 Å². The summed E-state index contributed by atoms with van der Waals surface area (Å²) >= 11 is 4.60. The Morgan fingerprint density at radius 3 is 3.04 bits per heavy atom. The van der Waals surface area contributed by atoms with E-state index in [1.54, 1.807) is 12.1 Å². The second-order valence-corrected chi connectivity index (χ2v) is 7.07. The second-order valence-electron chi connectivity index (χ2n) is 5.19. The number of thioether (sulfide) groups is 1. The van der Waals surface area contributed by atoms with Crippen molar-refractivity contribution in [3.05, 3.63) is 46.4 Å². The maximum absolute atomic E-state index is 11.9. The summed E-state index contributed by atoms with van der Waals surface area (Å²) in [6, 6.07) is 11.0. The van der Waals surface area contributed by atoms with Crippen molar-refractivity contribution in [3.8, 4) is 11.5 Å². The number of carbonyl (C=O) groups excluding carboxylic acids is 1. The lowest BCUT2D eigenvalue weighted by Gasteiger charge is -2.06. The van der Waals surface area contributed by atoms with Crippen molar-refractivity contribution in [1.29, 1.82) is 0 Å². The minimum atomic E-state index is -0.284. The Labute approximate surface area is 162 Å². The molecule has 0 aliphatic rings. The Kier molecular flexibility index (Phi) is 5.79. The van der Waals surface area contributed by atoms with Crippen LogP contribution in [0.15, 0.2) is 51.1 Å². The molecular formula is C17H15BrN4O3S. The molecule has 3 rings (SSSR count). The molecule has 3 N–H and O–H groups in total. The topological polar surface area (TPSA) is 99.6 Å². The SMILES string of the molecule is COc1cc(Br)cc(/C=N\NC(=O)CSc2nc3ccccc3[nH]2)c1O. The molecule has 0 atom stereocenters. The number of imidazole rings is 1. The molecule has 0 spiro atoms. The van der Waals surface area contributed by atoms with Gasteiger partial charge in [0.25, 0.3) is 5.91 Å². The highest BCUT2D eigenvalue weighted by Gasteiger charge is 2.09. The highest BCUT2D eigenvalue weighted by molar-refractivity contribution is 9.10. The molecule has 1 amide bonds. The number of H-pyrrole nitrogens is 1. The Bertz CT molecular complexity index is 941. The predicted molar refractivity (Wildman–Crippen MR) is 105 cm³/mol. The van der Waals surface area contributed by atoms with Crippen LogP contribution in [0.2, 0.25) is 0 Å². The van der Waals surface area contributed by atoms with E-state index in [1.165, 1.54) is 25.1 Å². The van der Waals surface area contributed by atoms with E-state index in [0.717, 1.165) is 15.5 Å². The predicted octanol–water partition coefficient (Wildman–Crippen LogP) is 3.28. The largest absolute Gasteiger partial charge is 0.504 e. The number of methoxy groups -OCH3 is 1. The summed E-state index contributed by atoms with van der Waals surface area (Å²) in [5, 5.41) is 14.6. The van der Waals surface area contributed by atoms with E-state index in [-0.39, 0.29) is 17.4 Å². The number of halogens is 1. The number of hydrogen-bond acceptors (Lipinski definition) is 6. The number of hydrogen-bond donors (Lipinski definition) is 3. The first-order chi connectivity index (χ1) is 12.6. The number of fused-ring (bicyclic) bond motifs is 1. The number of carbonyl (C=O) groups is 1. The first kappa shape index (κ1) is 18.3. The number of nitrogens with one attached hydrogen (secondary N) is 2. The normalized spacial score (nSPS) is 11.2. The van der Waals surface area contributed by atoms with Gasteiger partial charge >= 0.3 is 0 Å². The smallest absolute Gasteiger partial charge is 0.250 e. The van der Waals surface area contributed by atoms with E-state index in [9.17, 15) is 9.90 Å². The Morgan fingerprint density at radius 1 is 1.46 bits per heavy atom. The maximum atomic E-state index is 11.9. The number of phenols is 1. The summed E-state index contributed by atoms with van der Waals surface area (Å²) in [6.07, 6.45) is 1.35. The first-order valence-electron chi connectivity index (χ1n) is 7.53. The molecule has 0 aliphatic carbocycles. The monoisotopic (exact) mass is 434 g/mol. The number of aromatic hydroxyl groups is 1. The molecular weight excluding hydrogens is 420 g/mol. The summed E-state index contributed by atoms with van der Waals surface area (Å²) < 4.78 is 5.79. The third-order valence-corrected chi connectivity index (χ3v) is 4.72. The van der Waals surface area contributed by atoms with Gasteiger partial charge in [-0.3, -0.25) is 4.79 Å². The van der Waals surface area contributed by atoms with E-state index in [2.05, 4.69) is 36.4 Å². The van der Waals surface area contributed by atoms with E-state index < -0.39 is 0 Å². The number of aromatic amines is 1. The zero-order valence-corrected chi connectivity index (χ0v) is 16.1. The lowest BCUT2D eigenvalue weighted by atomic mass is 10.2. The van der Waals surface area contributed by atoms with Crippen LogP contribution in [0.4, 0.5) is 0 Å². The van der Waals surface area contributed by atoms with Crippen molar-refractivity contribution in [2.45, 2.75) is 5.16 Å². The second kappa shape index (κ2) is 8.24. The molecule has 1 heterocycles. The molecule has 0 unspecified atom stereocenters. The van der Waals surface area contributed by atoms with Crippen LogP contribution in [0.3, 0.4) is 0 Å². The van der Waals surface area contributed by atoms with Gasteiger partial charge in [0.1, 0.15) is 0 Å². The van der Waals surface area contributed by atoms with Crippen LogP contribution in [0.5, 0.6) is 11.5 Å². The molecule has 7 nitrogen and oxygen atoms in total. The Morgan fingerprint density at radius 2 is 2.27 bits per heavy atom. The molecule has 1 aromatic heterocycles. The quantitative estimate of drug-likeness (QED) is 0.314. The van der Waals surface area contributed by atoms with Crippen molar-refractivity contribution in [2.75, 3.05) is 12.9 Å². The number of benzene rings is 2. The summed E-state index contributed by atoms with van der Waals surface area (Å²) in [5.74, 6) is 0.136. The Hall–Kier alpha value is -2.52. The molecule has 0 radical (unpaired) electrons. The van der Waals surface area contributed by atoms with Crippen molar-refractivity contribution < 1.29 is 14.6 Å². The highest BCUT2D eigenvalue weighted by atomic mass is 79.9. The molecule has 0 saturated carbocycles. The van der Waals surface area contributed by atoms with E-state index in [1.807, 2.05) is 24.3 Å². The number of para-hydroxylation sites is 2. The molecule has 0 bridgehead atoms. The van der Waals surface area contributed by atoms with Crippen molar-refractivity contribution in [1.82, 2.24) is 15.4 Å². The zero-order valence-electron chi connectivity index (χ0n) is 13.7. The first-order valence-corrected chi connectivity index (χ1v) is 9.30. The molecule has 0 aliphatic heterocycles. The average molecular weight is 435 g/mol. The average Bonchev–Trinajstić information content (AvgIpc) is 3.05.